The van der Waals surface area contributed by atoms with Crippen molar-refractivity contribution >= 4 is 9.84 Å². The summed E-state index contributed by atoms with van der Waals surface area (Å²) in [6.07, 6.45) is 1.94. The Morgan fingerprint density at radius 3 is 2.28 bits per heavy atom. The molecule has 0 aliphatic carbocycles. The van der Waals surface area contributed by atoms with Gasteiger partial charge in [-0.3, -0.25) is 0 Å². The lowest BCUT2D eigenvalue weighted by Gasteiger charge is -2.09. The van der Waals surface area contributed by atoms with E-state index in [9.17, 15) is 8.42 Å². The van der Waals surface area contributed by atoms with Gasteiger partial charge in [-0.05, 0) is 39.2 Å². The first-order valence-electron chi connectivity index (χ1n) is 6.86. The zero-order valence-corrected chi connectivity index (χ0v) is 13.1. The van der Waals surface area contributed by atoms with Crippen molar-refractivity contribution in [3.05, 3.63) is 0 Å². The van der Waals surface area contributed by atoms with Crippen molar-refractivity contribution in [2.24, 2.45) is 5.92 Å². The second-order valence-electron chi connectivity index (χ2n) is 5.36. The van der Waals surface area contributed by atoms with Crippen LogP contribution in [0.2, 0.25) is 0 Å². The minimum absolute atomic E-state index is 0.241. The maximum Gasteiger partial charge on any atom is 0.151 e. The molecule has 0 saturated heterocycles. The van der Waals surface area contributed by atoms with Gasteiger partial charge in [0, 0.05) is 13.2 Å². The third kappa shape index (κ3) is 12.3. The Morgan fingerprint density at radius 1 is 1.06 bits per heavy atom. The van der Waals surface area contributed by atoms with Gasteiger partial charge < -0.3 is 10.1 Å². The van der Waals surface area contributed by atoms with Crippen LogP contribution in [0.4, 0.5) is 0 Å². The van der Waals surface area contributed by atoms with E-state index in [1.54, 1.807) is 0 Å². The van der Waals surface area contributed by atoms with Gasteiger partial charge in [-0.1, -0.05) is 13.8 Å². The Hall–Kier alpha value is -0.130. The maximum absolute atomic E-state index is 11.6. The molecule has 0 radical (unpaired) electrons. The van der Waals surface area contributed by atoms with E-state index in [4.69, 9.17) is 4.74 Å². The Kier molecular flexibility index (Phi) is 9.68. The van der Waals surface area contributed by atoms with E-state index in [0.717, 1.165) is 26.0 Å². The van der Waals surface area contributed by atoms with Gasteiger partial charge in [0.05, 0.1) is 17.6 Å². The summed E-state index contributed by atoms with van der Waals surface area (Å²) < 4.78 is 28.7. The summed E-state index contributed by atoms with van der Waals surface area (Å²) in [5, 5.41) is 3.14. The fourth-order valence-corrected chi connectivity index (χ4v) is 2.88. The standard InChI is InChI=1S/C13H29NO3S/c1-12(2)6-10-18(15,16)11-8-14-7-5-9-17-13(3)4/h12-14H,5-11H2,1-4H3. The molecule has 0 aliphatic heterocycles. The molecule has 0 aromatic carbocycles. The van der Waals surface area contributed by atoms with E-state index in [0.29, 0.717) is 18.2 Å². The number of ether oxygens (including phenoxy) is 1. The fraction of sp³-hybridized carbons (Fsp3) is 1.00. The lowest BCUT2D eigenvalue weighted by molar-refractivity contribution is 0.0772. The van der Waals surface area contributed by atoms with Gasteiger partial charge in [-0.15, -0.1) is 0 Å². The molecule has 4 nitrogen and oxygen atoms in total. The molecule has 5 heteroatoms. The number of rotatable bonds is 11. The summed E-state index contributed by atoms with van der Waals surface area (Å²) in [4.78, 5) is 0. The highest BCUT2D eigenvalue weighted by Gasteiger charge is 2.10. The van der Waals surface area contributed by atoms with Crippen LogP contribution in [-0.2, 0) is 14.6 Å². The van der Waals surface area contributed by atoms with E-state index in [2.05, 4.69) is 5.32 Å². The van der Waals surface area contributed by atoms with Crippen LogP contribution in [-0.4, -0.2) is 45.7 Å². The van der Waals surface area contributed by atoms with Crippen LogP contribution < -0.4 is 5.32 Å². The van der Waals surface area contributed by atoms with Gasteiger partial charge in [0.25, 0.3) is 0 Å². The monoisotopic (exact) mass is 279 g/mol. The summed E-state index contributed by atoms with van der Waals surface area (Å²) in [6.45, 7) is 10.2. The van der Waals surface area contributed by atoms with E-state index in [1.807, 2.05) is 27.7 Å². The summed E-state index contributed by atoms with van der Waals surface area (Å²) in [7, 11) is -2.88. The molecule has 0 amide bonds. The highest BCUT2D eigenvalue weighted by molar-refractivity contribution is 7.91. The van der Waals surface area contributed by atoms with Gasteiger partial charge in [0.1, 0.15) is 0 Å². The van der Waals surface area contributed by atoms with Crippen molar-refractivity contribution in [2.75, 3.05) is 31.2 Å². The van der Waals surface area contributed by atoms with E-state index < -0.39 is 9.84 Å². The molecule has 1 N–H and O–H groups in total. The number of hydrogen-bond acceptors (Lipinski definition) is 4. The lowest BCUT2D eigenvalue weighted by atomic mass is 10.2. The maximum atomic E-state index is 11.6. The highest BCUT2D eigenvalue weighted by atomic mass is 32.2. The molecule has 0 aromatic heterocycles. The highest BCUT2D eigenvalue weighted by Crippen LogP contribution is 2.03. The van der Waals surface area contributed by atoms with Crippen molar-refractivity contribution in [3.8, 4) is 0 Å². The average Bonchev–Trinajstić information content (AvgIpc) is 2.25. The third-order valence-corrected chi connectivity index (χ3v) is 4.23. The minimum Gasteiger partial charge on any atom is -0.379 e. The zero-order valence-electron chi connectivity index (χ0n) is 12.2. The molecular formula is C13H29NO3S. The van der Waals surface area contributed by atoms with Crippen molar-refractivity contribution in [1.29, 1.82) is 0 Å². The van der Waals surface area contributed by atoms with Crippen LogP contribution in [0.25, 0.3) is 0 Å². The molecule has 110 valence electrons. The van der Waals surface area contributed by atoms with Gasteiger partial charge in [-0.2, -0.15) is 0 Å². The SMILES string of the molecule is CC(C)CCS(=O)(=O)CCNCCCOC(C)C. The first kappa shape index (κ1) is 17.9. The molecule has 0 spiro atoms. The summed E-state index contributed by atoms with van der Waals surface area (Å²) in [6, 6.07) is 0. The van der Waals surface area contributed by atoms with Crippen LogP contribution in [0.5, 0.6) is 0 Å². The molecule has 0 atom stereocenters. The molecule has 0 heterocycles. The summed E-state index contributed by atoms with van der Waals surface area (Å²) in [5.41, 5.74) is 0. The second-order valence-corrected chi connectivity index (χ2v) is 7.66. The smallest absolute Gasteiger partial charge is 0.151 e. The van der Waals surface area contributed by atoms with Gasteiger partial charge in [-0.25, -0.2) is 8.42 Å². The van der Waals surface area contributed by atoms with Crippen LogP contribution in [0, 0.1) is 5.92 Å². The molecule has 0 aliphatic rings. The average molecular weight is 279 g/mol. The largest absolute Gasteiger partial charge is 0.379 e. The summed E-state index contributed by atoms with van der Waals surface area (Å²) >= 11 is 0. The molecule has 0 aromatic rings. The lowest BCUT2D eigenvalue weighted by Crippen LogP contribution is -2.26. The van der Waals surface area contributed by atoms with Crippen LogP contribution in [0.1, 0.15) is 40.5 Å². The topological polar surface area (TPSA) is 55.4 Å². The van der Waals surface area contributed by atoms with Crippen molar-refractivity contribution in [3.63, 3.8) is 0 Å². The quantitative estimate of drug-likeness (QED) is 0.587. The zero-order chi connectivity index (χ0) is 14.0. The molecular weight excluding hydrogens is 250 g/mol. The first-order chi connectivity index (χ1) is 8.33. The minimum atomic E-state index is -2.88. The van der Waals surface area contributed by atoms with E-state index >= 15 is 0 Å². The molecule has 0 rings (SSSR count). The first-order valence-corrected chi connectivity index (χ1v) is 8.68. The molecule has 18 heavy (non-hydrogen) atoms. The van der Waals surface area contributed by atoms with Gasteiger partial charge in [0.2, 0.25) is 0 Å². The van der Waals surface area contributed by atoms with Crippen LogP contribution in [0.3, 0.4) is 0 Å². The summed E-state index contributed by atoms with van der Waals surface area (Å²) in [5.74, 6) is 0.994. The Balaban J connectivity index is 3.47. The normalized spacial score (nSPS) is 12.6. The third-order valence-electron chi connectivity index (χ3n) is 2.55. The number of sulfone groups is 1. The van der Waals surface area contributed by atoms with Crippen molar-refractivity contribution in [2.45, 2.75) is 46.6 Å². The number of hydrogen-bond donors (Lipinski definition) is 1. The molecule has 0 bridgehead atoms. The van der Waals surface area contributed by atoms with Crippen LogP contribution in [0.15, 0.2) is 0 Å². The second kappa shape index (κ2) is 9.75. The predicted molar refractivity (Wildman–Crippen MR) is 76.7 cm³/mol. The van der Waals surface area contributed by atoms with Crippen molar-refractivity contribution in [1.82, 2.24) is 5.32 Å². The van der Waals surface area contributed by atoms with E-state index in [1.165, 1.54) is 0 Å². The predicted octanol–water partition coefficient (Wildman–Crippen LogP) is 1.85. The van der Waals surface area contributed by atoms with Crippen LogP contribution >= 0.6 is 0 Å². The van der Waals surface area contributed by atoms with E-state index in [-0.39, 0.29) is 11.9 Å². The number of nitrogens with one attached hydrogen (secondary N) is 1. The Morgan fingerprint density at radius 2 is 1.72 bits per heavy atom. The van der Waals surface area contributed by atoms with Gasteiger partial charge in [0.15, 0.2) is 9.84 Å². The van der Waals surface area contributed by atoms with Gasteiger partial charge >= 0.3 is 0 Å². The molecule has 0 fully saturated rings. The Labute approximate surface area is 112 Å². The molecule has 0 unspecified atom stereocenters. The fourth-order valence-electron chi connectivity index (χ4n) is 1.39. The molecule has 0 saturated carbocycles. The van der Waals surface area contributed by atoms with Crippen molar-refractivity contribution < 1.29 is 13.2 Å². The Bertz CT molecular complexity index is 287.